The molecule has 0 atom stereocenters. The summed E-state index contributed by atoms with van der Waals surface area (Å²) in [7, 11) is 8.50. The van der Waals surface area contributed by atoms with Crippen molar-refractivity contribution in [2.75, 3.05) is 28.2 Å². The summed E-state index contributed by atoms with van der Waals surface area (Å²) in [5, 5.41) is 0. The number of nitrogens with zero attached hydrogens (tertiary/aromatic N) is 1. The normalized spacial score (nSPS) is 6.00. The van der Waals surface area contributed by atoms with Gasteiger partial charge in [0.15, 0.2) is 0 Å². The molecule has 0 radical (unpaired) electrons. The van der Waals surface area contributed by atoms with E-state index in [9.17, 15) is 0 Å². The zero-order valence-electron chi connectivity index (χ0n) is 7.79. The van der Waals surface area contributed by atoms with Gasteiger partial charge in [-0.05, 0) is 0 Å². The molecule has 0 bridgehead atoms. The van der Waals surface area contributed by atoms with Crippen LogP contribution in [0.2, 0.25) is 0 Å². The minimum Gasteiger partial charge on any atom is -0.870 e. The van der Waals surface area contributed by atoms with Gasteiger partial charge in [0.2, 0.25) is 0 Å². The fourth-order valence-corrected chi connectivity index (χ4v) is 0. The van der Waals surface area contributed by atoms with Crippen molar-refractivity contribution in [2.24, 2.45) is 0 Å². The second-order valence-corrected chi connectivity index (χ2v) is 2.68. The molecule has 10 heavy (non-hydrogen) atoms. The minimum absolute atomic E-state index is 0. The van der Waals surface area contributed by atoms with E-state index in [4.69, 9.17) is 0 Å². The van der Waals surface area contributed by atoms with Crippen LogP contribution < -0.4 is 80.9 Å². The van der Waals surface area contributed by atoms with Gasteiger partial charge in [-0.1, -0.05) is 0 Å². The Morgan fingerprint density at radius 3 is 0.700 bits per heavy atom. The zero-order valence-corrected chi connectivity index (χ0v) is 12.9. The van der Waals surface area contributed by atoms with Crippen LogP contribution in [0.5, 0.6) is 0 Å². The van der Waals surface area contributed by atoms with Gasteiger partial charge in [-0.25, -0.2) is 0 Å². The first kappa shape index (κ1) is 39.2. The first-order valence-electron chi connectivity index (χ1n) is 1.79. The van der Waals surface area contributed by atoms with E-state index in [1.54, 1.807) is 0 Å². The van der Waals surface area contributed by atoms with Gasteiger partial charge in [-0.2, -0.15) is 0 Å². The molecule has 0 saturated carbocycles. The fraction of sp³-hybridized carbons (Fsp3) is 1.00. The topological polar surface area (TPSA) is 90.0 Å². The molecule has 0 saturated heterocycles. The Morgan fingerprint density at radius 1 is 0.700 bits per heavy atom. The van der Waals surface area contributed by atoms with Crippen molar-refractivity contribution in [2.45, 2.75) is 0 Å². The summed E-state index contributed by atoms with van der Waals surface area (Å²) < 4.78 is 1.00. The average Bonchev–Trinajstić information content (AvgIpc) is 0.722. The molecule has 56 valence electrons. The summed E-state index contributed by atoms with van der Waals surface area (Å²) in [6, 6.07) is 0. The first-order chi connectivity index (χ1) is 2.00. The summed E-state index contributed by atoms with van der Waals surface area (Å²) in [4.78, 5) is 0. The van der Waals surface area contributed by atoms with Gasteiger partial charge in [0.25, 0.3) is 0 Å². The SMILES string of the molecule is C[N+](C)(C)C.[K+].[Na+].[OH-].[OH-].[OH-]. The van der Waals surface area contributed by atoms with Crippen molar-refractivity contribution in [3.05, 3.63) is 0 Å². The number of hydrogen-bond donors (Lipinski definition) is 0. The maximum Gasteiger partial charge on any atom is 1.00 e. The van der Waals surface area contributed by atoms with E-state index in [2.05, 4.69) is 28.2 Å². The molecule has 0 aromatic heterocycles. The quantitative estimate of drug-likeness (QED) is 0.279. The van der Waals surface area contributed by atoms with Crippen LogP contribution in [-0.4, -0.2) is 49.1 Å². The van der Waals surface area contributed by atoms with E-state index in [0.29, 0.717) is 0 Å². The molecule has 0 rings (SSSR count). The van der Waals surface area contributed by atoms with Crippen molar-refractivity contribution in [3.63, 3.8) is 0 Å². The average molecular weight is 187 g/mol. The van der Waals surface area contributed by atoms with E-state index in [1.807, 2.05) is 0 Å². The van der Waals surface area contributed by atoms with Crippen molar-refractivity contribution < 1.29 is 102 Å². The molecule has 0 aliphatic carbocycles. The Balaban J connectivity index is -0.00000000800. The van der Waals surface area contributed by atoms with Gasteiger partial charge < -0.3 is 20.9 Å². The van der Waals surface area contributed by atoms with Crippen LogP contribution in [-0.2, 0) is 0 Å². The van der Waals surface area contributed by atoms with Crippen LogP contribution in [0.3, 0.4) is 0 Å². The Kier molecular flexibility index (Phi) is 68.7. The Bertz CT molecular complexity index is 36.0. The summed E-state index contributed by atoms with van der Waals surface area (Å²) >= 11 is 0. The molecule has 0 amide bonds. The summed E-state index contributed by atoms with van der Waals surface area (Å²) in [5.41, 5.74) is 0. The second-order valence-electron chi connectivity index (χ2n) is 2.68. The summed E-state index contributed by atoms with van der Waals surface area (Å²) in [6.07, 6.45) is 0. The van der Waals surface area contributed by atoms with Crippen molar-refractivity contribution in [3.8, 4) is 0 Å². The smallest absolute Gasteiger partial charge is 0.870 e. The van der Waals surface area contributed by atoms with Crippen LogP contribution in [0.1, 0.15) is 0 Å². The molecule has 0 aromatic rings. The van der Waals surface area contributed by atoms with Crippen LogP contribution in [0.4, 0.5) is 0 Å². The fourth-order valence-electron chi connectivity index (χ4n) is 0. The Labute approximate surface area is 128 Å². The predicted molar refractivity (Wildman–Crippen MR) is 29.8 cm³/mol. The van der Waals surface area contributed by atoms with Gasteiger partial charge in [-0.3, -0.25) is 0 Å². The molecule has 0 fully saturated rings. The molecule has 0 spiro atoms. The largest absolute Gasteiger partial charge is 1.00 e. The van der Waals surface area contributed by atoms with Crippen LogP contribution in [0, 0.1) is 0 Å². The van der Waals surface area contributed by atoms with Gasteiger partial charge in [0.05, 0.1) is 28.2 Å². The standard InChI is InChI=1S/C4H12N.K.Na.3H2O/c1-5(2,3)4;;;;;/h1-4H3;;;3*1H2/q3*+1;;;/p-3. The van der Waals surface area contributed by atoms with Crippen LogP contribution in [0.25, 0.3) is 0 Å². The first-order valence-corrected chi connectivity index (χ1v) is 1.79. The monoisotopic (exact) mass is 187 g/mol. The van der Waals surface area contributed by atoms with Gasteiger partial charge in [0.1, 0.15) is 0 Å². The Hall–Kier alpha value is 2.48. The molecule has 0 aliphatic rings. The van der Waals surface area contributed by atoms with Crippen molar-refractivity contribution >= 4 is 0 Å². The van der Waals surface area contributed by atoms with E-state index in [0.717, 1.165) is 4.48 Å². The number of rotatable bonds is 0. The molecular weight excluding hydrogens is 172 g/mol. The molecule has 0 aliphatic heterocycles. The molecule has 0 heterocycles. The third-order valence-electron chi connectivity index (χ3n) is 0. The maximum absolute atomic E-state index is 2.12. The number of hydrogen-bond acceptors (Lipinski definition) is 3. The summed E-state index contributed by atoms with van der Waals surface area (Å²) in [6.45, 7) is 0. The second kappa shape index (κ2) is 17.5. The molecule has 4 nitrogen and oxygen atoms in total. The van der Waals surface area contributed by atoms with Gasteiger partial charge >= 0.3 is 80.9 Å². The number of quaternary nitrogens is 1. The predicted octanol–water partition coefficient (Wildman–Crippen LogP) is -6.20. The third kappa shape index (κ3) is 153. The van der Waals surface area contributed by atoms with Gasteiger partial charge in [0, 0.05) is 0 Å². The van der Waals surface area contributed by atoms with Crippen LogP contribution >= 0.6 is 0 Å². The van der Waals surface area contributed by atoms with E-state index >= 15 is 0 Å². The zero-order chi connectivity index (χ0) is 4.50. The van der Waals surface area contributed by atoms with E-state index in [1.165, 1.54) is 0 Å². The van der Waals surface area contributed by atoms with Crippen molar-refractivity contribution in [1.82, 2.24) is 0 Å². The van der Waals surface area contributed by atoms with Crippen molar-refractivity contribution in [1.29, 1.82) is 0 Å². The van der Waals surface area contributed by atoms with Crippen LogP contribution in [0.15, 0.2) is 0 Å². The molecule has 6 heteroatoms. The van der Waals surface area contributed by atoms with E-state index < -0.39 is 0 Å². The summed E-state index contributed by atoms with van der Waals surface area (Å²) in [5.74, 6) is 0. The van der Waals surface area contributed by atoms with Gasteiger partial charge in [-0.15, -0.1) is 0 Å². The molecular formula is C4H15KNNaO3. The van der Waals surface area contributed by atoms with E-state index in [-0.39, 0.29) is 97.4 Å². The Morgan fingerprint density at radius 2 is 0.700 bits per heavy atom. The minimum atomic E-state index is 0. The molecule has 0 unspecified atom stereocenters. The third-order valence-corrected chi connectivity index (χ3v) is 0. The molecule has 3 N–H and O–H groups in total. The maximum atomic E-state index is 2.12. The molecule has 0 aromatic carbocycles.